The summed E-state index contributed by atoms with van der Waals surface area (Å²) in [5, 5.41) is 8.77. The van der Waals surface area contributed by atoms with Crippen molar-refractivity contribution < 1.29 is 4.74 Å². The molecule has 0 saturated heterocycles. The highest BCUT2D eigenvalue weighted by Crippen LogP contribution is 2.25. The van der Waals surface area contributed by atoms with E-state index in [9.17, 15) is 0 Å². The molecule has 0 N–H and O–H groups in total. The van der Waals surface area contributed by atoms with Crippen LogP contribution in [0.2, 0.25) is 0 Å². The second-order valence-corrected chi connectivity index (χ2v) is 4.56. The Hall–Kier alpha value is -2.41. The Kier molecular flexibility index (Phi) is 4.31. The molecule has 20 heavy (non-hydrogen) atoms. The average Bonchev–Trinajstić information content (AvgIpc) is 2.41. The lowest BCUT2D eigenvalue weighted by Gasteiger charge is -2.09. The average molecular weight is 267 g/mol. The highest BCUT2D eigenvalue weighted by atomic mass is 16.5. The number of rotatable bonds is 4. The Morgan fingerprint density at radius 2 is 2.00 bits per heavy atom. The zero-order valence-electron chi connectivity index (χ0n) is 12.0. The van der Waals surface area contributed by atoms with Crippen LogP contribution in [0.3, 0.4) is 0 Å². The van der Waals surface area contributed by atoms with Gasteiger partial charge in [-0.2, -0.15) is 5.26 Å². The zero-order chi connectivity index (χ0) is 14.5. The van der Waals surface area contributed by atoms with Gasteiger partial charge >= 0.3 is 0 Å². The Morgan fingerprint density at radius 3 is 2.65 bits per heavy atom. The summed E-state index contributed by atoms with van der Waals surface area (Å²) in [6.45, 7) is 6.54. The van der Waals surface area contributed by atoms with Crippen LogP contribution >= 0.6 is 0 Å². The molecule has 0 bridgehead atoms. The molecule has 0 fully saturated rings. The molecule has 0 radical (unpaired) electrons. The maximum Gasteiger partial charge on any atom is 0.143 e. The molecule has 102 valence electrons. The van der Waals surface area contributed by atoms with Crippen molar-refractivity contribution in [2.45, 2.75) is 27.2 Å². The first-order valence-corrected chi connectivity index (χ1v) is 6.59. The van der Waals surface area contributed by atoms with E-state index in [0.29, 0.717) is 12.4 Å². The minimum absolute atomic E-state index is 0.227. The van der Waals surface area contributed by atoms with Crippen molar-refractivity contribution >= 4 is 0 Å². The summed E-state index contributed by atoms with van der Waals surface area (Å²) in [5.41, 5.74) is 3.79. The van der Waals surface area contributed by atoms with Crippen LogP contribution in [0.1, 0.15) is 24.0 Å². The quantitative estimate of drug-likeness (QED) is 0.853. The van der Waals surface area contributed by atoms with Crippen molar-refractivity contribution in [2.24, 2.45) is 0 Å². The maximum absolute atomic E-state index is 8.77. The number of ether oxygens (including phenoxy) is 1. The number of hydrogen-bond donors (Lipinski definition) is 0. The summed E-state index contributed by atoms with van der Waals surface area (Å²) in [5.74, 6) is 1.45. The molecule has 2 rings (SSSR count). The van der Waals surface area contributed by atoms with Crippen LogP contribution in [0.25, 0.3) is 11.3 Å². The van der Waals surface area contributed by atoms with Crippen LogP contribution in [0.5, 0.6) is 5.75 Å². The minimum atomic E-state index is 0.227. The van der Waals surface area contributed by atoms with E-state index >= 15 is 0 Å². The second kappa shape index (κ2) is 6.16. The summed E-state index contributed by atoms with van der Waals surface area (Å²) in [6.07, 6.45) is 0.227. The van der Waals surface area contributed by atoms with Crippen LogP contribution in [0, 0.1) is 25.2 Å². The summed E-state index contributed by atoms with van der Waals surface area (Å²) >= 11 is 0. The van der Waals surface area contributed by atoms with Gasteiger partial charge in [-0.3, -0.25) is 0 Å². The highest BCUT2D eigenvalue weighted by Gasteiger charge is 2.07. The molecule has 0 aliphatic rings. The van der Waals surface area contributed by atoms with E-state index in [2.05, 4.69) is 16.0 Å². The van der Waals surface area contributed by atoms with Crippen molar-refractivity contribution in [1.29, 1.82) is 5.26 Å². The number of nitrogens with zero attached hydrogens (tertiary/aromatic N) is 3. The van der Waals surface area contributed by atoms with E-state index in [4.69, 9.17) is 10.00 Å². The topological polar surface area (TPSA) is 58.8 Å². The van der Waals surface area contributed by atoms with E-state index in [1.807, 2.05) is 45.0 Å². The van der Waals surface area contributed by atoms with Crippen molar-refractivity contribution in [3.63, 3.8) is 0 Å². The Bertz CT molecular complexity index is 659. The monoisotopic (exact) mass is 267 g/mol. The summed E-state index contributed by atoms with van der Waals surface area (Å²) < 4.78 is 5.54. The number of aryl methyl sites for hydroxylation is 2. The highest BCUT2D eigenvalue weighted by molar-refractivity contribution is 5.62. The molecule has 0 amide bonds. The summed E-state index contributed by atoms with van der Waals surface area (Å²) in [6, 6.07) is 9.99. The molecule has 1 aromatic carbocycles. The number of nitriles is 1. The van der Waals surface area contributed by atoms with E-state index in [1.54, 1.807) is 0 Å². The van der Waals surface area contributed by atoms with Crippen molar-refractivity contribution in [2.75, 3.05) is 6.61 Å². The van der Waals surface area contributed by atoms with E-state index in [1.165, 1.54) is 0 Å². The van der Waals surface area contributed by atoms with Crippen LogP contribution in [-0.4, -0.2) is 16.6 Å². The number of hydrogen-bond acceptors (Lipinski definition) is 4. The van der Waals surface area contributed by atoms with Gasteiger partial charge in [-0.15, -0.1) is 0 Å². The third kappa shape index (κ3) is 3.12. The molecule has 4 nitrogen and oxygen atoms in total. The van der Waals surface area contributed by atoms with Crippen molar-refractivity contribution in [3.05, 3.63) is 41.3 Å². The lowest BCUT2D eigenvalue weighted by atomic mass is 10.1. The van der Waals surface area contributed by atoms with Gasteiger partial charge in [-0.25, -0.2) is 9.97 Å². The van der Waals surface area contributed by atoms with E-state index < -0.39 is 0 Å². The minimum Gasteiger partial charge on any atom is -0.494 e. The number of aromatic nitrogens is 2. The molecule has 1 aromatic heterocycles. The van der Waals surface area contributed by atoms with Gasteiger partial charge in [0.1, 0.15) is 11.6 Å². The lowest BCUT2D eigenvalue weighted by Crippen LogP contribution is -1.99. The smallest absolute Gasteiger partial charge is 0.143 e. The third-order valence-electron chi connectivity index (χ3n) is 2.91. The largest absolute Gasteiger partial charge is 0.494 e. The fourth-order valence-corrected chi connectivity index (χ4v) is 2.05. The third-order valence-corrected chi connectivity index (χ3v) is 2.91. The molecular weight excluding hydrogens is 250 g/mol. The van der Waals surface area contributed by atoms with E-state index in [-0.39, 0.29) is 6.42 Å². The first-order valence-electron chi connectivity index (χ1n) is 6.59. The SMILES string of the molecule is CCOc1ccc(-c2cc(C)nc(CC#N)n2)cc1C. The maximum atomic E-state index is 8.77. The van der Waals surface area contributed by atoms with Crippen LogP contribution in [-0.2, 0) is 6.42 Å². The fraction of sp³-hybridized carbons (Fsp3) is 0.312. The molecule has 1 heterocycles. The molecular formula is C16H17N3O. The summed E-state index contributed by atoms with van der Waals surface area (Å²) in [7, 11) is 0. The molecule has 0 spiro atoms. The Balaban J connectivity index is 2.41. The first-order chi connectivity index (χ1) is 9.63. The normalized spacial score (nSPS) is 10.1. The van der Waals surface area contributed by atoms with Crippen LogP contribution in [0.15, 0.2) is 24.3 Å². The van der Waals surface area contributed by atoms with Gasteiger partial charge in [0, 0.05) is 11.3 Å². The van der Waals surface area contributed by atoms with Gasteiger partial charge in [0.25, 0.3) is 0 Å². The van der Waals surface area contributed by atoms with Crippen molar-refractivity contribution in [1.82, 2.24) is 9.97 Å². The fourth-order valence-electron chi connectivity index (χ4n) is 2.05. The predicted octanol–water partition coefficient (Wildman–Crippen LogP) is 3.23. The van der Waals surface area contributed by atoms with E-state index in [0.717, 1.165) is 28.3 Å². The predicted molar refractivity (Wildman–Crippen MR) is 77.4 cm³/mol. The number of benzene rings is 1. The van der Waals surface area contributed by atoms with Crippen molar-refractivity contribution in [3.8, 4) is 23.1 Å². The molecule has 0 aliphatic heterocycles. The van der Waals surface area contributed by atoms with Gasteiger partial charge in [-0.05, 0) is 50.6 Å². The molecule has 0 saturated carbocycles. The lowest BCUT2D eigenvalue weighted by molar-refractivity contribution is 0.338. The zero-order valence-corrected chi connectivity index (χ0v) is 12.0. The van der Waals surface area contributed by atoms with Gasteiger partial charge in [0.2, 0.25) is 0 Å². The molecule has 0 unspecified atom stereocenters. The standard InChI is InChI=1S/C16H17N3O/c1-4-20-15-6-5-13(9-11(15)2)14-10-12(3)18-16(19-14)7-8-17/h5-6,9-10H,4,7H2,1-3H3. The van der Waals surface area contributed by atoms with Gasteiger partial charge < -0.3 is 4.74 Å². The van der Waals surface area contributed by atoms with Gasteiger partial charge in [0.15, 0.2) is 0 Å². The second-order valence-electron chi connectivity index (χ2n) is 4.56. The summed E-state index contributed by atoms with van der Waals surface area (Å²) in [4.78, 5) is 8.70. The Labute approximate surface area is 119 Å². The van der Waals surface area contributed by atoms with Crippen LogP contribution < -0.4 is 4.74 Å². The molecule has 4 heteroatoms. The van der Waals surface area contributed by atoms with Crippen LogP contribution in [0.4, 0.5) is 0 Å². The molecule has 0 atom stereocenters. The molecule has 2 aromatic rings. The van der Waals surface area contributed by atoms with Gasteiger partial charge in [-0.1, -0.05) is 0 Å². The molecule has 0 aliphatic carbocycles. The Morgan fingerprint density at radius 1 is 1.20 bits per heavy atom. The first kappa shape index (κ1) is 14.0. The van der Waals surface area contributed by atoms with Gasteiger partial charge in [0.05, 0.1) is 24.8 Å².